The zero-order valence-corrected chi connectivity index (χ0v) is 15.2. The number of nitrogens with one attached hydrogen (secondary N) is 2. The first-order valence-corrected chi connectivity index (χ1v) is 8.72. The number of alkyl carbamates (subject to hydrolysis) is 1. The van der Waals surface area contributed by atoms with Gasteiger partial charge in [0.05, 0.1) is 12.1 Å². The molecule has 0 aliphatic heterocycles. The summed E-state index contributed by atoms with van der Waals surface area (Å²) in [5.74, 6) is 0.492. The van der Waals surface area contributed by atoms with E-state index in [4.69, 9.17) is 4.74 Å². The summed E-state index contributed by atoms with van der Waals surface area (Å²) in [6.07, 6.45) is 0.636. The minimum Gasteiger partial charge on any atom is -0.445 e. The van der Waals surface area contributed by atoms with Gasteiger partial charge in [-0.3, -0.25) is 0 Å². The molecule has 1 amide bonds. The predicted molar refractivity (Wildman–Crippen MR) is 97.3 cm³/mol. The summed E-state index contributed by atoms with van der Waals surface area (Å²) >= 11 is 0. The number of halogens is 3. The third-order valence-electron chi connectivity index (χ3n) is 4.56. The first-order valence-electron chi connectivity index (χ1n) is 8.72. The topological polar surface area (TPSA) is 67.0 Å². The van der Waals surface area contributed by atoms with Crippen molar-refractivity contribution in [3.63, 3.8) is 0 Å². The highest BCUT2D eigenvalue weighted by molar-refractivity contribution is 5.67. The van der Waals surface area contributed by atoms with Gasteiger partial charge in [-0.25, -0.2) is 9.78 Å². The van der Waals surface area contributed by atoms with Crippen LogP contribution in [0, 0.1) is 0 Å². The molecule has 2 N–H and O–H groups in total. The summed E-state index contributed by atoms with van der Waals surface area (Å²) in [6, 6.07) is 9.29. The summed E-state index contributed by atoms with van der Waals surface area (Å²) in [6.45, 7) is 2.11. The Bertz CT molecular complexity index is 888. The number of allylic oxidation sites excluding steroid dienone is 4. The van der Waals surface area contributed by atoms with Crippen molar-refractivity contribution < 1.29 is 22.7 Å². The molecule has 0 fully saturated rings. The molecule has 1 atom stereocenters. The Labute approximate surface area is 160 Å². The van der Waals surface area contributed by atoms with Crippen LogP contribution in [0.2, 0.25) is 0 Å². The fourth-order valence-electron chi connectivity index (χ4n) is 2.81. The van der Waals surface area contributed by atoms with Crippen LogP contribution in [0.1, 0.15) is 30.4 Å². The van der Waals surface area contributed by atoms with Crippen molar-refractivity contribution in [1.82, 2.24) is 15.3 Å². The van der Waals surface area contributed by atoms with E-state index in [1.807, 2.05) is 37.3 Å². The molecule has 3 rings (SSSR count). The zero-order chi connectivity index (χ0) is 20.2. The number of imidazole rings is 1. The minimum atomic E-state index is -4.35. The van der Waals surface area contributed by atoms with Crippen molar-refractivity contribution in [1.29, 1.82) is 0 Å². The number of hydrogen-bond acceptors (Lipinski definition) is 3. The lowest BCUT2D eigenvalue weighted by atomic mass is 9.79. The van der Waals surface area contributed by atoms with Crippen LogP contribution in [0.4, 0.5) is 18.0 Å². The second kappa shape index (κ2) is 7.92. The second-order valence-electron chi connectivity index (χ2n) is 6.77. The maximum atomic E-state index is 12.8. The maximum absolute atomic E-state index is 12.8. The van der Waals surface area contributed by atoms with Gasteiger partial charge in [-0.2, -0.15) is 13.2 Å². The second-order valence-corrected chi connectivity index (χ2v) is 6.77. The number of amides is 1. The molecule has 2 aromatic rings. The molecule has 1 aliphatic rings. The van der Waals surface area contributed by atoms with Crippen LogP contribution >= 0.6 is 0 Å². The number of nitrogens with zero attached hydrogens (tertiary/aromatic N) is 1. The van der Waals surface area contributed by atoms with Crippen LogP contribution in [0.25, 0.3) is 0 Å². The molecular weight excluding hydrogens is 371 g/mol. The van der Waals surface area contributed by atoms with Gasteiger partial charge in [0.15, 0.2) is 0 Å². The van der Waals surface area contributed by atoms with Gasteiger partial charge in [0.2, 0.25) is 0 Å². The van der Waals surface area contributed by atoms with Gasteiger partial charge >= 0.3 is 12.3 Å². The van der Waals surface area contributed by atoms with E-state index in [1.54, 1.807) is 6.20 Å². The molecule has 1 aliphatic carbocycles. The Morgan fingerprint density at radius 2 is 2.07 bits per heavy atom. The van der Waals surface area contributed by atoms with Crippen molar-refractivity contribution >= 4 is 6.09 Å². The van der Waals surface area contributed by atoms with Gasteiger partial charge in [0.25, 0.3) is 0 Å². The van der Waals surface area contributed by atoms with Crippen molar-refractivity contribution in [2.45, 2.75) is 38.1 Å². The number of aromatic nitrogens is 2. The van der Waals surface area contributed by atoms with Crippen molar-refractivity contribution in [3.05, 3.63) is 77.4 Å². The van der Waals surface area contributed by atoms with Gasteiger partial charge < -0.3 is 15.0 Å². The number of H-pyrrole nitrogens is 1. The molecule has 0 bridgehead atoms. The Balaban J connectivity index is 1.52. The molecule has 1 aromatic carbocycles. The van der Waals surface area contributed by atoms with Crippen molar-refractivity contribution in [2.24, 2.45) is 0 Å². The maximum Gasteiger partial charge on any atom is 0.416 e. The van der Waals surface area contributed by atoms with Crippen LogP contribution < -0.4 is 5.32 Å². The van der Waals surface area contributed by atoms with Gasteiger partial charge in [0, 0.05) is 17.3 Å². The van der Waals surface area contributed by atoms with E-state index in [0.717, 1.165) is 11.6 Å². The molecule has 1 heterocycles. The molecular formula is C20H20F3N3O2. The molecule has 0 spiro atoms. The monoisotopic (exact) mass is 391 g/mol. The van der Waals surface area contributed by atoms with E-state index in [1.165, 1.54) is 12.2 Å². The molecule has 1 aromatic heterocycles. The van der Waals surface area contributed by atoms with Crippen LogP contribution in [-0.2, 0) is 23.3 Å². The summed E-state index contributed by atoms with van der Waals surface area (Å²) in [5, 5.41) is 2.59. The highest BCUT2D eigenvalue weighted by atomic mass is 19.4. The van der Waals surface area contributed by atoms with Gasteiger partial charge in [-0.1, -0.05) is 55.5 Å². The number of benzene rings is 1. The normalized spacial score (nSPS) is 19.2. The molecule has 0 saturated heterocycles. The van der Waals surface area contributed by atoms with Gasteiger partial charge in [0.1, 0.15) is 12.4 Å². The predicted octanol–water partition coefficient (Wildman–Crippen LogP) is 4.54. The average Bonchev–Trinajstić information content (AvgIpc) is 3.15. The van der Waals surface area contributed by atoms with E-state index in [2.05, 4.69) is 15.3 Å². The largest absolute Gasteiger partial charge is 0.445 e. The third kappa shape index (κ3) is 4.82. The van der Waals surface area contributed by atoms with E-state index >= 15 is 0 Å². The number of rotatable bonds is 5. The SMILES string of the molecule is CC1(c2cnc(CNC(=O)OCc3ccccc3)[nH]2)C=CC(C(F)(F)F)=CC1. The number of aromatic amines is 1. The number of alkyl halides is 3. The third-order valence-corrected chi connectivity index (χ3v) is 4.56. The van der Waals surface area contributed by atoms with E-state index in [0.29, 0.717) is 11.5 Å². The zero-order valence-electron chi connectivity index (χ0n) is 15.2. The lowest BCUT2D eigenvalue weighted by molar-refractivity contribution is -0.0887. The van der Waals surface area contributed by atoms with Gasteiger partial charge in [-0.05, 0) is 12.0 Å². The highest BCUT2D eigenvalue weighted by Crippen LogP contribution is 2.37. The summed E-state index contributed by atoms with van der Waals surface area (Å²) < 4.78 is 43.4. The fourth-order valence-corrected chi connectivity index (χ4v) is 2.81. The van der Waals surface area contributed by atoms with Crippen LogP contribution in [0.5, 0.6) is 0 Å². The Hall–Kier alpha value is -3.03. The lowest BCUT2D eigenvalue weighted by Crippen LogP contribution is -2.25. The lowest BCUT2D eigenvalue weighted by Gasteiger charge is -2.27. The molecule has 8 heteroatoms. The molecule has 28 heavy (non-hydrogen) atoms. The highest BCUT2D eigenvalue weighted by Gasteiger charge is 2.36. The number of carbonyl (C=O) groups excluding carboxylic acids is 1. The summed E-state index contributed by atoms with van der Waals surface area (Å²) in [7, 11) is 0. The molecule has 0 saturated carbocycles. The Morgan fingerprint density at radius 3 is 2.71 bits per heavy atom. The minimum absolute atomic E-state index is 0.122. The quantitative estimate of drug-likeness (QED) is 0.786. The first kappa shape index (κ1) is 19.7. The first-order chi connectivity index (χ1) is 13.3. The molecule has 1 unspecified atom stereocenters. The van der Waals surface area contributed by atoms with Crippen molar-refractivity contribution in [2.75, 3.05) is 0 Å². The van der Waals surface area contributed by atoms with Crippen molar-refractivity contribution in [3.8, 4) is 0 Å². The molecule has 0 radical (unpaired) electrons. The van der Waals surface area contributed by atoms with E-state index in [9.17, 15) is 18.0 Å². The molecule has 148 valence electrons. The van der Waals surface area contributed by atoms with Gasteiger partial charge in [-0.15, -0.1) is 0 Å². The average molecular weight is 391 g/mol. The standard InChI is InChI=1S/C20H20F3N3O2/c1-19(9-7-15(8-10-19)20(21,22)23)16-11-24-17(26-16)12-25-18(27)28-13-14-5-3-2-4-6-14/h2-9,11H,10,12-13H2,1H3,(H,24,26)(H,25,27). The fraction of sp³-hybridized carbons (Fsp3) is 0.300. The van der Waals surface area contributed by atoms with Crippen LogP contribution in [-0.4, -0.2) is 22.2 Å². The van der Waals surface area contributed by atoms with E-state index < -0.39 is 23.3 Å². The smallest absolute Gasteiger partial charge is 0.416 e. The van der Waals surface area contributed by atoms with E-state index in [-0.39, 0.29) is 19.6 Å². The number of hydrogen-bond donors (Lipinski definition) is 2. The Kier molecular flexibility index (Phi) is 5.58. The number of carbonyl (C=O) groups is 1. The molecule has 5 nitrogen and oxygen atoms in total. The summed E-state index contributed by atoms with van der Waals surface area (Å²) in [4.78, 5) is 19.0. The summed E-state index contributed by atoms with van der Waals surface area (Å²) in [5.41, 5.74) is 0.290. The van der Waals surface area contributed by atoms with Crippen LogP contribution in [0.3, 0.4) is 0 Å². The Morgan fingerprint density at radius 1 is 1.32 bits per heavy atom. The number of ether oxygens (including phenoxy) is 1. The van der Waals surface area contributed by atoms with Crippen LogP contribution in [0.15, 0.2) is 60.3 Å².